The Morgan fingerprint density at radius 2 is 1.83 bits per heavy atom. The molecule has 1 aromatic rings. The predicted octanol–water partition coefficient (Wildman–Crippen LogP) is 0.777. The molecular formula is C16H24ClN3O3S. The summed E-state index contributed by atoms with van der Waals surface area (Å²) in [5.41, 5.74) is 7.99. The van der Waals surface area contributed by atoms with Crippen molar-refractivity contribution in [1.29, 1.82) is 0 Å². The molecule has 0 spiro atoms. The van der Waals surface area contributed by atoms with Crippen LogP contribution in [0.25, 0.3) is 0 Å². The summed E-state index contributed by atoms with van der Waals surface area (Å²) in [6.07, 6.45) is 2.17. The Kier molecular flexibility index (Phi) is 5.91. The van der Waals surface area contributed by atoms with Gasteiger partial charge in [0, 0.05) is 39.1 Å². The number of amides is 1. The summed E-state index contributed by atoms with van der Waals surface area (Å²) in [5, 5.41) is 0. The van der Waals surface area contributed by atoms with Gasteiger partial charge in [-0.15, -0.1) is 12.4 Å². The molecule has 1 amide bonds. The van der Waals surface area contributed by atoms with Gasteiger partial charge in [0.25, 0.3) is 0 Å². The van der Waals surface area contributed by atoms with Crippen LogP contribution in [0, 0.1) is 0 Å². The van der Waals surface area contributed by atoms with Gasteiger partial charge in [-0.3, -0.25) is 4.79 Å². The third-order valence-corrected chi connectivity index (χ3v) is 6.61. The molecule has 24 heavy (non-hydrogen) atoms. The molecule has 3 rings (SSSR count). The van der Waals surface area contributed by atoms with Gasteiger partial charge in [0.05, 0.1) is 4.90 Å². The highest BCUT2D eigenvalue weighted by Crippen LogP contribution is 2.25. The van der Waals surface area contributed by atoms with Gasteiger partial charge in [0.1, 0.15) is 0 Å². The first-order chi connectivity index (χ1) is 10.9. The van der Waals surface area contributed by atoms with Crippen LogP contribution in [0.4, 0.5) is 0 Å². The van der Waals surface area contributed by atoms with Gasteiger partial charge in [0.2, 0.25) is 15.9 Å². The molecular weight excluding hydrogens is 350 g/mol. The molecule has 2 heterocycles. The van der Waals surface area contributed by atoms with E-state index in [1.807, 2.05) is 11.0 Å². The molecule has 1 saturated heterocycles. The Balaban J connectivity index is 0.00000208. The third-order valence-electron chi connectivity index (χ3n) is 4.75. The molecule has 2 aliphatic rings. The Morgan fingerprint density at radius 3 is 2.42 bits per heavy atom. The molecule has 0 saturated carbocycles. The number of hydrogen-bond acceptors (Lipinski definition) is 4. The van der Waals surface area contributed by atoms with E-state index in [0.29, 0.717) is 43.9 Å². The zero-order valence-electron chi connectivity index (χ0n) is 13.8. The highest BCUT2D eigenvalue weighted by molar-refractivity contribution is 7.89. The normalized spacial score (nSPS) is 21.8. The van der Waals surface area contributed by atoms with Gasteiger partial charge in [-0.05, 0) is 42.5 Å². The van der Waals surface area contributed by atoms with Crippen LogP contribution < -0.4 is 5.73 Å². The lowest BCUT2D eigenvalue weighted by molar-refractivity contribution is -0.128. The van der Waals surface area contributed by atoms with E-state index in [0.717, 1.165) is 17.5 Å². The number of sulfonamides is 1. The zero-order valence-corrected chi connectivity index (χ0v) is 15.4. The van der Waals surface area contributed by atoms with Crippen molar-refractivity contribution in [3.63, 3.8) is 0 Å². The Bertz CT molecular complexity index is 723. The molecule has 1 atom stereocenters. The van der Waals surface area contributed by atoms with Gasteiger partial charge in [-0.1, -0.05) is 6.07 Å². The van der Waals surface area contributed by atoms with Crippen molar-refractivity contribution in [2.75, 3.05) is 26.2 Å². The second-order valence-corrected chi connectivity index (χ2v) is 8.29. The van der Waals surface area contributed by atoms with Crippen molar-refractivity contribution in [3.05, 3.63) is 29.3 Å². The zero-order chi connectivity index (χ0) is 16.6. The van der Waals surface area contributed by atoms with Crippen LogP contribution >= 0.6 is 12.4 Å². The predicted molar refractivity (Wildman–Crippen MR) is 94.7 cm³/mol. The molecule has 134 valence electrons. The van der Waals surface area contributed by atoms with E-state index in [2.05, 4.69) is 0 Å². The number of benzene rings is 1. The van der Waals surface area contributed by atoms with Gasteiger partial charge in [0.15, 0.2) is 0 Å². The number of carbonyl (C=O) groups is 1. The molecule has 0 unspecified atom stereocenters. The summed E-state index contributed by atoms with van der Waals surface area (Å²) >= 11 is 0. The van der Waals surface area contributed by atoms with E-state index in [9.17, 15) is 13.2 Å². The first-order valence-corrected chi connectivity index (χ1v) is 9.45. The number of rotatable bonds is 2. The maximum Gasteiger partial charge on any atom is 0.243 e. The van der Waals surface area contributed by atoms with Gasteiger partial charge < -0.3 is 10.6 Å². The summed E-state index contributed by atoms with van der Waals surface area (Å²) in [4.78, 5) is 13.7. The van der Waals surface area contributed by atoms with Crippen molar-refractivity contribution < 1.29 is 13.2 Å². The van der Waals surface area contributed by atoms with E-state index in [1.165, 1.54) is 4.31 Å². The molecule has 2 aliphatic heterocycles. The highest BCUT2D eigenvalue weighted by Gasteiger charge is 2.31. The second kappa shape index (κ2) is 7.39. The fourth-order valence-electron chi connectivity index (χ4n) is 3.30. The number of carbonyl (C=O) groups excluding carboxylic acids is 1. The van der Waals surface area contributed by atoms with Crippen molar-refractivity contribution in [2.24, 2.45) is 5.73 Å². The number of nitrogens with zero attached hydrogens (tertiary/aromatic N) is 2. The summed E-state index contributed by atoms with van der Waals surface area (Å²) in [6.45, 7) is 3.77. The molecule has 0 bridgehead atoms. The van der Waals surface area contributed by atoms with Gasteiger partial charge in [-0.25, -0.2) is 8.42 Å². The SMILES string of the molecule is CC(=O)N1CCc2ccc(S(=O)(=O)N3CC[C@H](N)C3)cc2CC1.Cl. The maximum absolute atomic E-state index is 12.7. The quantitative estimate of drug-likeness (QED) is 0.830. The number of halogens is 1. The Labute approximate surface area is 149 Å². The summed E-state index contributed by atoms with van der Waals surface area (Å²) in [6, 6.07) is 5.27. The summed E-state index contributed by atoms with van der Waals surface area (Å²) in [5.74, 6) is 0.0664. The lowest BCUT2D eigenvalue weighted by Gasteiger charge is -2.17. The van der Waals surface area contributed by atoms with Crippen LogP contribution in [-0.2, 0) is 27.7 Å². The van der Waals surface area contributed by atoms with Crippen molar-refractivity contribution in [1.82, 2.24) is 9.21 Å². The fraction of sp³-hybridized carbons (Fsp3) is 0.562. The van der Waals surface area contributed by atoms with E-state index in [-0.39, 0.29) is 24.4 Å². The van der Waals surface area contributed by atoms with Crippen LogP contribution in [0.3, 0.4) is 0 Å². The topological polar surface area (TPSA) is 83.7 Å². The van der Waals surface area contributed by atoms with E-state index >= 15 is 0 Å². The van der Waals surface area contributed by atoms with E-state index in [1.54, 1.807) is 19.1 Å². The summed E-state index contributed by atoms with van der Waals surface area (Å²) < 4.78 is 26.9. The summed E-state index contributed by atoms with van der Waals surface area (Å²) in [7, 11) is -3.47. The lowest BCUT2D eigenvalue weighted by atomic mass is 10.0. The molecule has 0 aromatic heterocycles. The monoisotopic (exact) mass is 373 g/mol. The van der Waals surface area contributed by atoms with Crippen LogP contribution in [0.15, 0.2) is 23.1 Å². The fourth-order valence-corrected chi connectivity index (χ4v) is 4.86. The molecule has 0 aliphatic carbocycles. The first-order valence-electron chi connectivity index (χ1n) is 8.01. The van der Waals surface area contributed by atoms with Crippen LogP contribution in [-0.4, -0.2) is 55.8 Å². The van der Waals surface area contributed by atoms with Crippen molar-refractivity contribution >= 4 is 28.3 Å². The largest absolute Gasteiger partial charge is 0.342 e. The van der Waals surface area contributed by atoms with Crippen molar-refractivity contribution in [3.8, 4) is 0 Å². The second-order valence-electron chi connectivity index (χ2n) is 6.35. The third kappa shape index (κ3) is 3.74. The molecule has 1 fully saturated rings. The van der Waals surface area contributed by atoms with Gasteiger partial charge >= 0.3 is 0 Å². The molecule has 2 N–H and O–H groups in total. The Hall–Kier alpha value is -1.15. The minimum Gasteiger partial charge on any atom is -0.342 e. The molecule has 0 radical (unpaired) electrons. The number of hydrogen-bond donors (Lipinski definition) is 1. The average molecular weight is 374 g/mol. The van der Waals surface area contributed by atoms with Crippen LogP contribution in [0.2, 0.25) is 0 Å². The average Bonchev–Trinajstić information content (AvgIpc) is 2.83. The minimum absolute atomic E-state index is 0. The maximum atomic E-state index is 12.7. The van der Waals surface area contributed by atoms with E-state index in [4.69, 9.17) is 5.73 Å². The molecule has 8 heteroatoms. The number of fused-ring (bicyclic) bond motifs is 1. The Morgan fingerprint density at radius 1 is 1.17 bits per heavy atom. The number of nitrogens with two attached hydrogens (primary N) is 1. The smallest absolute Gasteiger partial charge is 0.243 e. The molecule has 1 aromatic carbocycles. The first kappa shape index (κ1) is 19.2. The standard InChI is InChI=1S/C16H23N3O3S.ClH/c1-12(20)18-7-4-13-2-3-16(10-14(13)5-8-18)23(21,22)19-9-6-15(17)11-19;/h2-3,10,15H,4-9,11,17H2,1H3;1H/t15-;/m0./s1. The van der Waals surface area contributed by atoms with Crippen LogP contribution in [0.1, 0.15) is 24.5 Å². The van der Waals surface area contributed by atoms with Crippen LogP contribution in [0.5, 0.6) is 0 Å². The minimum atomic E-state index is -3.47. The van der Waals surface area contributed by atoms with Crippen molar-refractivity contribution in [2.45, 2.75) is 37.1 Å². The van der Waals surface area contributed by atoms with E-state index < -0.39 is 10.0 Å². The van der Waals surface area contributed by atoms with Gasteiger partial charge in [-0.2, -0.15) is 4.31 Å². The lowest BCUT2D eigenvalue weighted by Crippen LogP contribution is -2.32. The molecule has 6 nitrogen and oxygen atoms in total. The highest BCUT2D eigenvalue weighted by atomic mass is 35.5.